The standard InChI is InChI=1S/C17H17BrN2O2/c1-17(16(19)22,13-5-3-2-4-6-13)20-15(21)11-12-7-9-14(18)10-8-12/h2-10H,11H2,1H3,(H2,19,22)(H,20,21)/t17-/m1/s1. The van der Waals surface area contributed by atoms with Crippen molar-refractivity contribution in [3.05, 3.63) is 70.2 Å². The molecule has 4 nitrogen and oxygen atoms in total. The molecule has 0 aliphatic rings. The van der Waals surface area contributed by atoms with Gasteiger partial charge in [0, 0.05) is 4.47 Å². The van der Waals surface area contributed by atoms with Gasteiger partial charge in [0.1, 0.15) is 5.54 Å². The molecule has 0 unspecified atom stereocenters. The maximum Gasteiger partial charge on any atom is 0.247 e. The summed E-state index contributed by atoms with van der Waals surface area (Å²) in [5.74, 6) is -0.852. The van der Waals surface area contributed by atoms with Crippen LogP contribution in [0.5, 0.6) is 0 Å². The second-order valence-corrected chi connectivity index (χ2v) is 6.12. The molecule has 0 aliphatic heterocycles. The van der Waals surface area contributed by atoms with E-state index in [4.69, 9.17) is 5.73 Å². The zero-order chi connectivity index (χ0) is 16.2. The van der Waals surface area contributed by atoms with Crippen LogP contribution in [0.3, 0.4) is 0 Å². The molecule has 2 aromatic carbocycles. The highest BCUT2D eigenvalue weighted by molar-refractivity contribution is 9.10. The minimum Gasteiger partial charge on any atom is -0.367 e. The predicted octanol–water partition coefficient (Wildman–Crippen LogP) is 2.51. The number of nitrogens with two attached hydrogens (primary N) is 1. The molecule has 0 fully saturated rings. The largest absolute Gasteiger partial charge is 0.367 e. The van der Waals surface area contributed by atoms with Crippen LogP contribution in [0.2, 0.25) is 0 Å². The summed E-state index contributed by atoms with van der Waals surface area (Å²) in [4.78, 5) is 24.1. The summed E-state index contributed by atoms with van der Waals surface area (Å²) in [7, 11) is 0. The van der Waals surface area contributed by atoms with Crippen molar-refractivity contribution in [2.45, 2.75) is 18.9 Å². The number of amides is 2. The highest BCUT2D eigenvalue weighted by Crippen LogP contribution is 2.20. The molecule has 0 saturated carbocycles. The van der Waals surface area contributed by atoms with Crippen molar-refractivity contribution < 1.29 is 9.59 Å². The monoisotopic (exact) mass is 360 g/mol. The van der Waals surface area contributed by atoms with Gasteiger partial charge in [0.2, 0.25) is 11.8 Å². The minimum absolute atomic E-state index is 0.184. The Morgan fingerprint density at radius 3 is 2.23 bits per heavy atom. The van der Waals surface area contributed by atoms with Crippen molar-refractivity contribution in [3.63, 3.8) is 0 Å². The number of rotatable bonds is 5. The van der Waals surface area contributed by atoms with E-state index >= 15 is 0 Å². The van der Waals surface area contributed by atoms with E-state index in [-0.39, 0.29) is 12.3 Å². The lowest BCUT2D eigenvalue weighted by Crippen LogP contribution is -2.53. The van der Waals surface area contributed by atoms with Crippen LogP contribution < -0.4 is 11.1 Å². The normalized spacial score (nSPS) is 13.2. The lowest BCUT2D eigenvalue weighted by molar-refractivity contribution is -0.131. The van der Waals surface area contributed by atoms with Crippen molar-refractivity contribution in [3.8, 4) is 0 Å². The summed E-state index contributed by atoms with van der Waals surface area (Å²) in [6, 6.07) is 16.4. The minimum atomic E-state index is -1.23. The van der Waals surface area contributed by atoms with Crippen molar-refractivity contribution in [1.29, 1.82) is 0 Å². The first-order chi connectivity index (χ1) is 10.4. The number of carbonyl (C=O) groups excluding carboxylic acids is 2. The molecular weight excluding hydrogens is 344 g/mol. The fourth-order valence-corrected chi connectivity index (χ4v) is 2.42. The van der Waals surface area contributed by atoms with Crippen LogP contribution in [-0.2, 0) is 21.5 Å². The lowest BCUT2D eigenvalue weighted by Gasteiger charge is -2.28. The van der Waals surface area contributed by atoms with Gasteiger partial charge >= 0.3 is 0 Å². The number of nitrogens with one attached hydrogen (secondary N) is 1. The molecule has 2 aromatic rings. The Bertz CT molecular complexity index is 671. The number of hydrogen-bond acceptors (Lipinski definition) is 2. The first kappa shape index (κ1) is 16.2. The van der Waals surface area contributed by atoms with Crippen LogP contribution in [0.1, 0.15) is 18.1 Å². The Labute approximate surface area is 137 Å². The molecule has 2 amide bonds. The molecule has 114 valence electrons. The Balaban J connectivity index is 2.16. The smallest absolute Gasteiger partial charge is 0.247 e. The van der Waals surface area contributed by atoms with E-state index in [1.54, 1.807) is 31.2 Å². The first-order valence-corrected chi connectivity index (χ1v) is 7.62. The molecule has 1 atom stereocenters. The van der Waals surface area contributed by atoms with Crippen LogP contribution in [0.4, 0.5) is 0 Å². The van der Waals surface area contributed by atoms with Gasteiger partial charge in [-0.25, -0.2) is 0 Å². The number of halogens is 1. The Hall–Kier alpha value is -2.14. The summed E-state index contributed by atoms with van der Waals surface area (Å²) in [6.45, 7) is 1.62. The van der Waals surface area contributed by atoms with E-state index in [1.807, 2.05) is 30.3 Å². The number of carbonyl (C=O) groups is 2. The van der Waals surface area contributed by atoms with Gasteiger partial charge in [-0.3, -0.25) is 9.59 Å². The predicted molar refractivity (Wildman–Crippen MR) is 89.0 cm³/mol. The Morgan fingerprint density at radius 1 is 1.09 bits per heavy atom. The van der Waals surface area contributed by atoms with Gasteiger partial charge < -0.3 is 11.1 Å². The van der Waals surface area contributed by atoms with E-state index in [0.717, 1.165) is 10.0 Å². The van der Waals surface area contributed by atoms with Crippen molar-refractivity contribution in [2.75, 3.05) is 0 Å². The lowest BCUT2D eigenvalue weighted by atomic mass is 9.91. The van der Waals surface area contributed by atoms with E-state index in [9.17, 15) is 9.59 Å². The third-order valence-electron chi connectivity index (χ3n) is 3.51. The number of benzene rings is 2. The molecule has 0 spiro atoms. The van der Waals surface area contributed by atoms with Crippen LogP contribution in [-0.4, -0.2) is 11.8 Å². The SMILES string of the molecule is C[C@](NC(=O)Cc1ccc(Br)cc1)(C(N)=O)c1ccccc1. The van der Waals surface area contributed by atoms with Crippen LogP contribution in [0.25, 0.3) is 0 Å². The third kappa shape index (κ3) is 3.74. The van der Waals surface area contributed by atoms with Gasteiger partial charge in [0.25, 0.3) is 0 Å². The summed E-state index contributed by atoms with van der Waals surface area (Å²) in [6.07, 6.45) is 0.184. The second kappa shape index (κ2) is 6.75. The number of hydrogen-bond donors (Lipinski definition) is 2. The topological polar surface area (TPSA) is 72.2 Å². The zero-order valence-electron chi connectivity index (χ0n) is 12.2. The fourth-order valence-electron chi connectivity index (χ4n) is 2.16. The highest BCUT2D eigenvalue weighted by atomic mass is 79.9. The van der Waals surface area contributed by atoms with Crippen molar-refractivity contribution in [2.24, 2.45) is 5.73 Å². The fraction of sp³-hybridized carbons (Fsp3) is 0.176. The molecule has 3 N–H and O–H groups in total. The summed E-state index contributed by atoms with van der Waals surface area (Å²) in [5.41, 5.74) is 5.80. The molecule has 0 heterocycles. The zero-order valence-corrected chi connectivity index (χ0v) is 13.8. The van der Waals surface area contributed by atoms with Crippen LogP contribution in [0.15, 0.2) is 59.1 Å². The summed E-state index contributed by atoms with van der Waals surface area (Å²) in [5, 5.41) is 2.75. The molecule has 0 radical (unpaired) electrons. The average Bonchev–Trinajstić information content (AvgIpc) is 2.50. The molecule has 2 rings (SSSR count). The van der Waals surface area contributed by atoms with Gasteiger partial charge in [-0.2, -0.15) is 0 Å². The first-order valence-electron chi connectivity index (χ1n) is 6.83. The number of primary amides is 1. The molecule has 0 aromatic heterocycles. The van der Waals surface area contributed by atoms with E-state index in [1.165, 1.54) is 0 Å². The molecule has 0 saturated heterocycles. The Kier molecular flexibility index (Phi) is 4.98. The quantitative estimate of drug-likeness (QED) is 0.859. The van der Waals surface area contributed by atoms with Gasteiger partial charge in [-0.15, -0.1) is 0 Å². The maximum absolute atomic E-state index is 12.3. The molecule has 5 heteroatoms. The highest BCUT2D eigenvalue weighted by Gasteiger charge is 2.34. The van der Waals surface area contributed by atoms with Gasteiger partial charge in [0.15, 0.2) is 0 Å². The van der Waals surface area contributed by atoms with E-state index in [2.05, 4.69) is 21.2 Å². The van der Waals surface area contributed by atoms with E-state index in [0.29, 0.717) is 5.56 Å². The summed E-state index contributed by atoms with van der Waals surface area (Å²) < 4.78 is 0.947. The molecule has 0 bridgehead atoms. The Morgan fingerprint density at radius 2 is 1.68 bits per heavy atom. The van der Waals surface area contributed by atoms with Gasteiger partial charge in [-0.1, -0.05) is 58.4 Å². The van der Waals surface area contributed by atoms with Gasteiger partial charge in [-0.05, 0) is 30.2 Å². The third-order valence-corrected chi connectivity index (χ3v) is 4.04. The average molecular weight is 361 g/mol. The summed E-state index contributed by atoms with van der Waals surface area (Å²) >= 11 is 3.35. The second-order valence-electron chi connectivity index (χ2n) is 5.21. The maximum atomic E-state index is 12.3. The van der Waals surface area contributed by atoms with Crippen LogP contribution in [0, 0.1) is 0 Å². The van der Waals surface area contributed by atoms with E-state index < -0.39 is 11.4 Å². The molecule has 22 heavy (non-hydrogen) atoms. The van der Waals surface area contributed by atoms with Gasteiger partial charge in [0.05, 0.1) is 6.42 Å². The molecule has 0 aliphatic carbocycles. The van der Waals surface area contributed by atoms with Crippen LogP contribution >= 0.6 is 15.9 Å². The van der Waals surface area contributed by atoms with Crippen molar-refractivity contribution >= 4 is 27.7 Å². The van der Waals surface area contributed by atoms with Crippen molar-refractivity contribution in [1.82, 2.24) is 5.32 Å². The molecular formula is C17H17BrN2O2.